The van der Waals surface area contributed by atoms with E-state index in [4.69, 9.17) is 4.74 Å². The van der Waals surface area contributed by atoms with Crippen LogP contribution >= 0.6 is 0 Å². The average Bonchev–Trinajstić information content (AvgIpc) is 2.43. The number of rotatable bonds is 3. The smallest absolute Gasteiger partial charge is 0.119 e. The molecule has 0 radical (unpaired) electrons. The van der Waals surface area contributed by atoms with Gasteiger partial charge >= 0.3 is 0 Å². The van der Waals surface area contributed by atoms with E-state index < -0.39 is 0 Å². The van der Waals surface area contributed by atoms with E-state index in [1.54, 1.807) is 7.11 Å². The predicted octanol–water partition coefficient (Wildman–Crippen LogP) is 4.24. The van der Waals surface area contributed by atoms with E-state index in [2.05, 4.69) is 30.4 Å². The highest BCUT2D eigenvalue weighted by molar-refractivity contribution is 5.54. The number of aryl methyl sites for hydroxylation is 1. The van der Waals surface area contributed by atoms with Gasteiger partial charge in [-0.3, -0.25) is 0 Å². The Morgan fingerprint density at radius 2 is 1.65 bits per heavy atom. The van der Waals surface area contributed by atoms with Gasteiger partial charge in [0.25, 0.3) is 0 Å². The second-order valence-corrected chi connectivity index (χ2v) is 7.28. The van der Waals surface area contributed by atoms with Crippen molar-refractivity contribution in [2.24, 2.45) is 23.7 Å². The first-order valence-electron chi connectivity index (χ1n) is 8.14. The Hall–Kier alpha value is -1.18. The monoisotopic (exact) mass is 271 g/mol. The lowest BCUT2D eigenvalue weighted by Gasteiger charge is -2.54. The standard InChI is InChI=1S/C18H25NO/c1-11-5-16(20-2)3-4-17(11)19-18-14-7-12-6-13(9-14)10-15(18)8-12/h3-5,12-15,18-19H,6-10H2,1-2H3. The summed E-state index contributed by atoms with van der Waals surface area (Å²) in [5.41, 5.74) is 2.61. The molecule has 0 saturated heterocycles. The fourth-order valence-corrected chi connectivity index (χ4v) is 5.27. The molecule has 2 nitrogen and oxygen atoms in total. The van der Waals surface area contributed by atoms with Crippen LogP contribution in [0.15, 0.2) is 18.2 Å². The molecule has 4 fully saturated rings. The Morgan fingerprint density at radius 3 is 2.20 bits per heavy atom. The van der Waals surface area contributed by atoms with Crippen LogP contribution in [-0.2, 0) is 0 Å². The van der Waals surface area contributed by atoms with E-state index in [0.29, 0.717) is 0 Å². The number of ether oxygens (including phenoxy) is 1. The first kappa shape index (κ1) is 12.6. The van der Waals surface area contributed by atoms with E-state index in [9.17, 15) is 0 Å². The van der Waals surface area contributed by atoms with Gasteiger partial charge in [0, 0.05) is 11.7 Å². The summed E-state index contributed by atoms with van der Waals surface area (Å²) in [5, 5.41) is 3.89. The second kappa shape index (κ2) is 4.68. The van der Waals surface area contributed by atoms with Crippen molar-refractivity contribution in [1.29, 1.82) is 0 Å². The van der Waals surface area contributed by atoms with Crippen molar-refractivity contribution < 1.29 is 4.74 Å². The summed E-state index contributed by atoms with van der Waals surface area (Å²) < 4.78 is 5.31. The molecule has 1 aromatic carbocycles. The van der Waals surface area contributed by atoms with Gasteiger partial charge in [-0.15, -0.1) is 0 Å². The minimum Gasteiger partial charge on any atom is -0.497 e. The third-order valence-electron chi connectivity index (χ3n) is 5.98. The summed E-state index contributed by atoms with van der Waals surface area (Å²) in [6, 6.07) is 7.12. The quantitative estimate of drug-likeness (QED) is 0.888. The van der Waals surface area contributed by atoms with Crippen LogP contribution in [0.5, 0.6) is 5.75 Å². The van der Waals surface area contributed by atoms with Crippen LogP contribution in [0.25, 0.3) is 0 Å². The Labute approximate surface area is 121 Å². The van der Waals surface area contributed by atoms with E-state index >= 15 is 0 Å². The van der Waals surface area contributed by atoms with Gasteiger partial charge in [-0.2, -0.15) is 0 Å². The zero-order valence-corrected chi connectivity index (χ0v) is 12.6. The highest BCUT2D eigenvalue weighted by Crippen LogP contribution is 2.54. The zero-order chi connectivity index (χ0) is 13.7. The summed E-state index contributed by atoms with van der Waals surface area (Å²) in [6.45, 7) is 2.18. The van der Waals surface area contributed by atoms with Crippen LogP contribution in [0, 0.1) is 30.6 Å². The Morgan fingerprint density at radius 1 is 1.00 bits per heavy atom. The van der Waals surface area contributed by atoms with Gasteiger partial charge in [0.15, 0.2) is 0 Å². The van der Waals surface area contributed by atoms with Crippen molar-refractivity contribution in [3.05, 3.63) is 23.8 Å². The molecule has 0 aromatic heterocycles. The van der Waals surface area contributed by atoms with E-state index in [-0.39, 0.29) is 0 Å². The summed E-state index contributed by atoms with van der Waals surface area (Å²) in [7, 11) is 1.74. The first-order valence-corrected chi connectivity index (χ1v) is 8.14. The molecule has 1 N–H and O–H groups in total. The maximum absolute atomic E-state index is 5.31. The number of nitrogens with one attached hydrogen (secondary N) is 1. The second-order valence-electron chi connectivity index (χ2n) is 7.28. The summed E-state index contributed by atoms with van der Waals surface area (Å²) >= 11 is 0. The minimum atomic E-state index is 0.717. The average molecular weight is 271 g/mol. The molecule has 0 aliphatic heterocycles. The maximum Gasteiger partial charge on any atom is 0.119 e. The SMILES string of the molecule is COc1ccc(NC2C3CC4CC(C3)CC2C4)c(C)c1. The van der Waals surface area contributed by atoms with E-state index in [0.717, 1.165) is 35.5 Å². The van der Waals surface area contributed by atoms with Crippen molar-refractivity contribution in [3.63, 3.8) is 0 Å². The minimum absolute atomic E-state index is 0.717. The summed E-state index contributed by atoms with van der Waals surface area (Å²) in [4.78, 5) is 0. The van der Waals surface area contributed by atoms with Crippen LogP contribution < -0.4 is 10.1 Å². The van der Waals surface area contributed by atoms with Gasteiger partial charge in [0.05, 0.1) is 7.11 Å². The number of hydrogen-bond donors (Lipinski definition) is 1. The molecule has 4 aliphatic rings. The van der Waals surface area contributed by atoms with E-state index in [1.807, 2.05) is 0 Å². The Kier molecular flexibility index (Phi) is 2.94. The number of methoxy groups -OCH3 is 1. The molecule has 0 amide bonds. The van der Waals surface area contributed by atoms with Gasteiger partial charge in [-0.25, -0.2) is 0 Å². The lowest BCUT2D eigenvalue weighted by atomic mass is 9.54. The van der Waals surface area contributed by atoms with Crippen LogP contribution in [0.3, 0.4) is 0 Å². The first-order chi connectivity index (χ1) is 9.72. The molecule has 5 rings (SSSR count). The van der Waals surface area contributed by atoms with Crippen LogP contribution in [-0.4, -0.2) is 13.2 Å². The fourth-order valence-electron chi connectivity index (χ4n) is 5.27. The van der Waals surface area contributed by atoms with Gasteiger partial charge in [-0.1, -0.05) is 0 Å². The molecule has 0 unspecified atom stereocenters. The zero-order valence-electron chi connectivity index (χ0n) is 12.6. The third kappa shape index (κ3) is 2.01. The van der Waals surface area contributed by atoms with Gasteiger partial charge in [-0.05, 0) is 86.5 Å². The maximum atomic E-state index is 5.31. The molecule has 0 atom stereocenters. The van der Waals surface area contributed by atoms with Gasteiger partial charge < -0.3 is 10.1 Å². The topological polar surface area (TPSA) is 21.3 Å². The molecule has 108 valence electrons. The molecule has 20 heavy (non-hydrogen) atoms. The molecule has 4 aliphatic carbocycles. The number of benzene rings is 1. The highest BCUT2D eigenvalue weighted by Gasteiger charge is 2.48. The summed E-state index contributed by atoms with van der Waals surface area (Å²) in [6.07, 6.45) is 7.42. The lowest BCUT2D eigenvalue weighted by molar-refractivity contribution is 0.00752. The van der Waals surface area contributed by atoms with Crippen molar-refractivity contribution in [2.75, 3.05) is 12.4 Å². The molecule has 0 spiro atoms. The Bertz CT molecular complexity index is 482. The van der Waals surface area contributed by atoms with Crippen molar-refractivity contribution in [2.45, 2.75) is 45.1 Å². The fraction of sp³-hybridized carbons (Fsp3) is 0.667. The summed E-state index contributed by atoms with van der Waals surface area (Å²) in [5.74, 6) is 4.90. The number of hydrogen-bond acceptors (Lipinski definition) is 2. The Balaban J connectivity index is 1.54. The normalized spacial score (nSPS) is 38.0. The van der Waals surface area contributed by atoms with E-state index in [1.165, 1.54) is 43.4 Å². The molecule has 2 heteroatoms. The van der Waals surface area contributed by atoms with Crippen LogP contribution in [0.4, 0.5) is 5.69 Å². The lowest BCUT2D eigenvalue weighted by Crippen LogP contribution is -2.51. The van der Waals surface area contributed by atoms with Crippen molar-refractivity contribution >= 4 is 5.69 Å². The van der Waals surface area contributed by atoms with Crippen molar-refractivity contribution in [1.82, 2.24) is 0 Å². The molecular weight excluding hydrogens is 246 g/mol. The molecular formula is C18H25NO. The molecule has 4 saturated carbocycles. The third-order valence-corrected chi connectivity index (χ3v) is 5.98. The van der Waals surface area contributed by atoms with Gasteiger partial charge in [0.2, 0.25) is 0 Å². The molecule has 4 bridgehead atoms. The largest absolute Gasteiger partial charge is 0.497 e. The van der Waals surface area contributed by atoms with Crippen LogP contribution in [0.2, 0.25) is 0 Å². The number of anilines is 1. The highest BCUT2D eigenvalue weighted by atomic mass is 16.5. The molecule has 0 heterocycles. The van der Waals surface area contributed by atoms with Crippen molar-refractivity contribution in [3.8, 4) is 5.75 Å². The molecule has 1 aromatic rings. The predicted molar refractivity (Wildman–Crippen MR) is 82.2 cm³/mol. The van der Waals surface area contributed by atoms with Gasteiger partial charge in [0.1, 0.15) is 5.75 Å². The van der Waals surface area contributed by atoms with Crippen LogP contribution in [0.1, 0.15) is 37.7 Å².